The van der Waals surface area contributed by atoms with E-state index in [0.717, 1.165) is 19.5 Å². The molecule has 20 heavy (non-hydrogen) atoms. The summed E-state index contributed by atoms with van der Waals surface area (Å²) in [7, 11) is 0. The molecule has 1 aromatic rings. The second kappa shape index (κ2) is 6.72. The van der Waals surface area contributed by atoms with Crippen LogP contribution in [0.2, 0.25) is 0 Å². The van der Waals surface area contributed by atoms with Gasteiger partial charge in [0.05, 0.1) is 6.54 Å². The summed E-state index contributed by atoms with van der Waals surface area (Å²) in [5, 5.41) is 5.16. The highest BCUT2D eigenvalue weighted by molar-refractivity contribution is 7.09. The summed E-state index contributed by atoms with van der Waals surface area (Å²) in [6.07, 6.45) is 3.49. The zero-order chi connectivity index (χ0) is 14.6. The van der Waals surface area contributed by atoms with Crippen molar-refractivity contribution in [1.82, 2.24) is 10.2 Å². The molecule has 1 aromatic heterocycles. The lowest BCUT2D eigenvalue weighted by atomic mass is 9.92. The first-order valence-corrected chi connectivity index (χ1v) is 8.35. The Morgan fingerprint density at radius 3 is 2.75 bits per heavy atom. The first-order valence-electron chi connectivity index (χ1n) is 7.47. The van der Waals surface area contributed by atoms with Gasteiger partial charge in [-0.15, -0.1) is 11.3 Å². The molecule has 0 aromatic carbocycles. The third kappa shape index (κ3) is 5.63. The number of nitrogens with one attached hydrogen (secondary N) is 1. The molecule has 0 radical (unpaired) electrons. The van der Waals surface area contributed by atoms with Crippen molar-refractivity contribution in [1.29, 1.82) is 0 Å². The molecule has 1 N–H and O–H groups in total. The van der Waals surface area contributed by atoms with E-state index in [4.69, 9.17) is 0 Å². The molecule has 1 amide bonds. The lowest BCUT2D eigenvalue weighted by molar-refractivity contribution is -0.122. The number of rotatable bonds is 7. The molecule has 0 saturated heterocycles. The number of hydrogen-bond donors (Lipinski definition) is 1. The molecule has 0 bridgehead atoms. The molecule has 0 aliphatic heterocycles. The highest BCUT2D eigenvalue weighted by Crippen LogP contribution is 2.28. The van der Waals surface area contributed by atoms with Gasteiger partial charge in [-0.1, -0.05) is 26.8 Å². The van der Waals surface area contributed by atoms with Crippen LogP contribution in [0.3, 0.4) is 0 Å². The average molecular weight is 294 g/mol. The van der Waals surface area contributed by atoms with Gasteiger partial charge in [-0.3, -0.25) is 9.69 Å². The second-order valence-corrected chi connectivity index (χ2v) is 7.91. The van der Waals surface area contributed by atoms with Gasteiger partial charge in [0.15, 0.2) is 0 Å². The van der Waals surface area contributed by atoms with Crippen molar-refractivity contribution in [2.24, 2.45) is 5.41 Å². The maximum Gasteiger partial charge on any atom is 0.234 e. The molecule has 1 heterocycles. The van der Waals surface area contributed by atoms with E-state index in [0.29, 0.717) is 12.6 Å². The van der Waals surface area contributed by atoms with Gasteiger partial charge in [-0.05, 0) is 36.1 Å². The Hall–Kier alpha value is -0.870. The van der Waals surface area contributed by atoms with Crippen molar-refractivity contribution < 1.29 is 4.79 Å². The monoisotopic (exact) mass is 294 g/mol. The number of nitrogens with zero attached hydrogens (tertiary/aromatic N) is 1. The summed E-state index contributed by atoms with van der Waals surface area (Å²) in [4.78, 5) is 15.7. The van der Waals surface area contributed by atoms with Gasteiger partial charge < -0.3 is 5.32 Å². The van der Waals surface area contributed by atoms with E-state index < -0.39 is 0 Å². The Morgan fingerprint density at radius 2 is 2.20 bits per heavy atom. The Bertz CT molecular complexity index is 418. The van der Waals surface area contributed by atoms with Crippen molar-refractivity contribution in [3.63, 3.8) is 0 Å². The minimum Gasteiger partial charge on any atom is -0.355 e. The summed E-state index contributed by atoms with van der Waals surface area (Å²) >= 11 is 1.77. The normalized spacial score (nSPS) is 15.6. The van der Waals surface area contributed by atoms with Crippen molar-refractivity contribution in [2.75, 3.05) is 13.1 Å². The van der Waals surface area contributed by atoms with Gasteiger partial charge in [-0.25, -0.2) is 0 Å². The summed E-state index contributed by atoms with van der Waals surface area (Å²) < 4.78 is 0. The fourth-order valence-electron chi connectivity index (χ4n) is 2.17. The molecule has 1 aliphatic carbocycles. The molecule has 1 aliphatic rings. The fraction of sp³-hybridized carbons (Fsp3) is 0.688. The minimum atomic E-state index is 0.165. The number of thiophene rings is 1. The van der Waals surface area contributed by atoms with Gasteiger partial charge >= 0.3 is 0 Å². The van der Waals surface area contributed by atoms with Crippen LogP contribution >= 0.6 is 11.3 Å². The maximum atomic E-state index is 12.1. The first-order chi connectivity index (χ1) is 9.44. The largest absolute Gasteiger partial charge is 0.355 e. The van der Waals surface area contributed by atoms with Gasteiger partial charge in [0.2, 0.25) is 5.91 Å². The standard InChI is InChI=1S/C16H26N2OS/c1-16(2,3)8-9-17-15(19)12-18(13-6-7-13)11-14-5-4-10-20-14/h4-5,10,13H,6-9,11-12H2,1-3H3,(H,17,19). The third-order valence-electron chi connectivity index (χ3n) is 3.55. The summed E-state index contributed by atoms with van der Waals surface area (Å²) in [6.45, 7) is 8.83. The second-order valence-electron chi connectivity index (χ2n) is 6.88. The molecule has 4 heteroatoms. The number of carbonyl (C=O) groups is 1. The van der Waals surface area contributed by atoms with E-state index >= 15 is 0 Å². The first kappa shape index (κ1) is 15.5. The van der Waals surface area contributed by atoms with Crippen molar-refractivity contribution in [3.8, 4) is 0 Å². The zero-order valence-electron chi connectivity index (χ0n) is 12.8. The van der Waals surface area contributed by atoms with Crippen LogP contribution in [0, 0.1) is 5.41 Å². The highest BCUT2D eigenvalue weighted by Gasteiger charge is 2.30. The maximum absolute atomic E-state index is 12.1. The summed E-state index contributed by atoms with van der Waals surface area (Å²) in [5.41, 5.74) is 0.278. The number of hydrogen-bond acceptors (Lipinski definition) is 3. The van der Waals surface area contributed by atoms with Gasteiger partial charge in [0, 0.05) is 24.0 Å². The molecule has 0 atom stereocenters. The molecule has 112 valence electrons. The molecule has 1 fully saturated rings. The van der Waals surface area contributed by atoms with E-state index in [-0.39, 0.29) is 11.3 Å². The SMILES string of the molecule is CC(C)(C)CCNC(=O)CN(Cc1cccs1)C1CC1. The average Bonchev–Trinajstić information content (AvgIpc) is 3.06. The van der Waals surface area contributed by atoms with Crippen molar-refractivity contribution in [3.05, 3.63) is 22.4 Å². The summed E-state index contributed by atoms with van der Waals surface area (Å²) in [6, 6.07) is 4.84. The van der Waals surface area contributed by atoms with Crippen LogP contribution in [0.1, 0.15) is 44.9 Å². The lowest BCUT2D eigenvalue weighted by Crippen LogP contribution is -2.38. The zero-order valence-corrected chi connectivity index (χ0v) is 13.6. The fourth-order valence-corrected chi connectivity index (χ4v) is 2.90. The Kier molecular flexibility index (Phi) is 5.22. The number of amides is 1. The van der Waals surface area contributed by atoms with Gasteiger partial charge in [-0.2, -0.15) is 0 Å². The molecular weight excluding hydrogens is 268 g/mol. The van der Waals surface area contributed by atoms with Crippen LogP contribution in [0.15, 0.2) is 17.5 Å². The lowest BCUT2D eigenvalue weighted by Gasteiger charge is -2.22. The topological polar surface area (TPSA) is 32.3 Å². The van der Waals surface area contributed by atoms with E-state index in [1.807, 2.05) is 0 Å². The summed E-state index contributed by atoms with van der Waals surface area (Å²) in [5.74, 6) is 0.165. The van der Waals surface area contributed by atoms with Crippen molar-refractivity contribution in [2.45, 2.75) is 52.6 Å². The molecule has 0 spiro atoms. The van der Waals surface area contributed by atoms with Gasteiger partial charge in [0.1, 0.15) is 0 Å². The Morgan fingerprint density at radius 1 is 1.45 bits per heavy atom. The predicted octanol–water partition coefficient (Wildman–Crippen LogP) is 3.26. The van der Waals surface area contributed by atoms with Crippen LogP contribution in [-0.4, -0.2) is 29.9 Å². The van der Waals surface area contributed by atoms with Crippen LogP contribution < -0.4 is 5.32 Å². The van der Waals surface area contributed by atoms with E-state index in [1.54, 1.807) is 11.3 Å². The minimum absolute atomic E-state index is 0.165. The Balaban J connectivity index is 1.75. The van der Waals surface area contributed by atoms with E-state index in [9.17, 15) is 4.79 Å². The Labute approximate surface area is 126 Å². The molecule has 0 unspecified atom stereocenters. The van der Waals surface area contributed by atoms with Crippen molar-refractivity contribution >= 4 is 17.2 Å². The highest BCUT2D eigenvalue weighted by atomic mass is 32.1. The van der Waals surface area contributed by atoms with Gasteiger partial charge in [0.25, 0.3) is 0 Å². The molecule has 1 saturated carbocycles. The molecule has 3 nitrogen and oxygen atoms in total. The molecular formula is C16H26N2OS. The van der Waals surface area contributed by atoms with Crippen LogP contribution in [-0.2, 0) is 11.3 Å². The molecule has 2 rings (SSSR count). The predicted molar refractivity (Wildman–Crippen MR) is 84.8 cm³/mol. The van der Waals surface area contributed by atoms with Crippen LogP contribution in [0.5, 0.6) is 0 Å². The number of carbonyl (C=O) groups excluding carboxylic acids is 1. The quantitative estimate of drug-likeness (QED) is 0.837. The third-order valence-corrected chi connectivity index (χ3v) is 4.41. The van der Waals surface area contributed by atoms with E-state index in [2.05, 4.69) is 48.5 Å². The smallest absolute Gasteiger partial charge is 0.234 e. The van der Waals surface area contributed by atoms with Crippen LogP contribution in [0.4, 0.5) is 0 Å². The van der Waals surface area contributed by atoms with E-state index in [1.165, 1.54) is 17.7 Å². The van der Waals surface area contributed by atoms with Crippen LogP contribution in [0.25, 0.3) is 0 Å².